The summed E-state index contributed by atoms with van der Waals surface area (Å²) in [6.45, 7) is 8.33. The molecule has 0 radical (unpaired) electrons. The molecule has 0 saturated carbocycles. The van der Waals surface area contributed by atoms with E-state index in [2.05, 4.69) is 43.3 Å². The van der Waals surface area contributed by atoms with E-state index in [1.807, 2.05) is 36.4 Å². The second kappa shape index (κ2) is 21.6. The molecule has 0 amide bonds. The van der Waals surface area contributed by atoms with Crippen molar-refractivity contribution in [2.24, 2.45) is 0 Å². The number of nitrogens with zero attached hydrogens (tertiary/aromatic N) is 4. The number of hydrogen-bond acceptors (Lipinski definition) is 8. The molecule has 0 aliphatic carbocycles. The minimum absolute atomic E-state index is 0. The number of aromatic nitrogens is 2. The molecule has 2 aromatic carbocycles. The van der Waals surface area contributed by atoms with Crippen molar-refractivity contribution in [1.82, 2.24) is 20.6 Å². The van der Waals surface area contributed by atoms with E-state index in [9.17, 15) is 0 Å². The van der Waals surface area contributed by atoms with Crippen LogP contribution < -0.4 is 20.4 Å². The number of anilines is 2. The lowest BCUT2D eigenvalue weighted by Crippen LogP contribution is -2.43. The van der Waals surface area contributed by atoms with E-state index in [1.54, 1.807) is 22.7 Å². The summed E-state index contributed by atoms with van der Waals surface area (Å²) in [6, 6.07) is 15.9. The van der Waals surface area contributed by atoms with Crippen molar-refractivity contribution < 1.29 is 5.48 Å². The van der Waals surface area contributed by atoms with Gasteiger partial charge in [-0.15, -0.1) is 72.3 Å². The van der Waals surface area contributed by atoms with E-state index < -0.39 is 0 Å². The topological polar surface area (TPSA) is 87.8 Å². The summed E-state index contributed by atoms with van der Waals surface area (Å²) in [5.41, 5.74) is 4.49. The van der Waals surface area contributed by atoms with Crippen LogP contribution in [0.4, 0.5) is 10.3 Å². The quantitative estimate of drug-likeness (QED) is 0.236. The highest BCUT2D eigenvalue weighted by molar-refractivity contribution is 7.14. The van der Waals surface area contributed by atoms with Gasteiger partial charge >= 0.3 is 0 Å². The molecular formula is C28H38Cl6N6OS2. The van der Waals surface area contributed by atoms with Crippen molar-refractivity contribution in [3.05, 3.63) is 91.9 Å². The zero-order chi connectivity index (χ0) is 26.2. The van der Waals surface area contributed by atoms with Crippen molar-refractivity contribution in [2.75, 3.05) is 62.2 Å². The molecule has 15 heteroatoms. The van der Waals surface area contributed by atoms with Crippen molar-refractivity contribution in [1.29, 1.82) is 0 Å². The molecule has 7 nitrogen and oxygen atoms in total. The Hall–Kier alpha value is -1.08. The Morgan fingerprint density at radius 1 is 0.605 bits per heavy atom. The summed E-state index contributed by atoms with van der Waals surface area (Å²) in [4.78, 5) is 14.1. The molecule has 0 unspecified atom stereocenters. The van der Waals surface area contributed by atoms with E-state index in [0.717, 1.165) is 108 Å². The van der Waals surface area contributed by atoms with Gasteiger partial charge in [0.25, 0.3) is 0 Å². The molecular weight excluding hydrogens is 713 g/mol. The standard InChI is InChI=1S/2C14H16ClN3S.4ClH.H2O/c2*15-13-4-2-1-3-11(13)9-12-10-19-14(17-12)18-7-5-16-6-8-18;;;;;/h2*1-4,10,16H,5-9H2;4*1H;1H2. The van der Waals surface area contributed by atoms with Crippen molar-refractivity contribution in [2.45, 2.75) is 12.8 Å². The van der Waals surface area contributed by atoms with E-state index in [1.165, 1.54) is 0 Å². The Labute approximate surface area is 296 Å². The third-order valence-electron chi connectivity index (χ3n) is 6.51. The predicted molar refractivity (Wildman–Crippen MR) is 196 cm³/mol. The van der Waals surface area contributed by atoms with Crippen molar-refractivity contribution in [3.8, 4) is 0 Å². The lowest BCUT2D eigenvalue weighted by molar-refractivity contribution is 0.588. The molecule has 4 N–H and O–H groups in total. The predicted octanol–water partition coefficient (Wildman–Crippen LogP) is 6.46. The number of halogens is 6. The first-order chi connectivity index (χ1) is 18.7. The summed E-state index contributed by atoms with van der Waals surface area (Å²) >= 11 is 15.8. The summed E-state index contributed by atoms with van der Waals surface area (Å²) in [5, 5.41) is 14.9. The van der Waals surface area contributed by atoms with Crippen LogP contribution in [0.25, 0.3) is 0 Å². The highest BCUT2D eigenvalue weighted by Crippen LogP contribution is 2.26. The largest absolute Gasteiger partial charge is 0.412 e. The monoisotopic (exact) mass is 748 g/mol. The van der Waals surface area contributed by atoms with Gasteiger partial charge in [-0.2, -0.15) is 0 Å². The van der Waals surface area contributed by atoms with Crippen LogP contribution in [0.5, 0.6) is 0 Å². The fraction of sp³-hybridized carbons (Fsp3) is 0.357. The van der Waals surface area contributed by atoms with Gasteiger partial charge in [0.05, 0.1) is 11.4 Å². The van der Waals surface area contributed by atoms with E-state index in [-0.39, 0.29) is 55.1 Å². The number of thiazole rings is 2. The van der Waals surface area contributed by atoms with Crippen LogP contribution in [0.3, 0.4) is 0 Å². The molecule has 6 rings (SSSR count). The Morgan fingerprint density at radius 2 is 0.953 bits per heavy atom. The fourth-order valence-corrected chi connectivity index (χ4v) is 6.59. The van der Waals surface area contributed by atoms with Gasteiger partial charge in [-0.3, -0.25) is 0 Å². The van der Waals surface area contributed by atoms with Crippen LogP contribution in [0.1, 0.15) is 22.5 Å². The fourth-order valence-electron chi connectivity index (χ4n) is 4.43. The first kappa shape index (κ1) is 41.9. The normalized spacial score (nSPS) is 13.9. The van der Waals surface area contributed by atoms with Gasteiger partial charge in [0, 0.05) is 86.0 Å². The third kappa shape index (κ3) is 12.3. The van der Waals surface area contributed by atoms with E-state index in [0.29, 0.717) is 0 Å². The first-order valence-electron chi connectivity index (χ1n) is 12.9. The van der Waals surface area contributed by atoms with Crippen LogP contribution in [0.2, 0.25) is 10.0 Å². The number of rotatable bonds is 6. The minimum atomic E-state index is 0. The molecule has 4 heterocycles. The minimum Gasteiger partial charge on any atom is -0.412 e. The number of nitrogens with one attached hydrogen (secondary N) is 2. The molecule has 2 aromatic heterocycles. The lowest BCUT2D eigenvalue weighted by atomic mass is 10.1. The summed E-state index contributed by atoms with van der Waals surface area (Å²) < 4.78 is 0. The second-order valence-corrected chi connectivity index (χ2v) is 11.7. The molecule has 0 bridgehead atoms. The SMILES string of the molecule is Cl.Cl.Cl.Cl.Clc1ccccc1Cc1csc(N2CCNCC2)n1.Clc1ccccc1Cc1csc(N2CCNCC2)n1.O. The van der Waals surface area contributed by atoms with E-state index in [4.69, 9.17) is 33.2 Å². The molecule has 2 aliphatic rings. The highest BCUT2D eigenvalue weighted by atomic mass is 35.5. The molecule has 4 aromatic rings. The van der Waals surface area contributed by atoms with Crippen LogP contribution in [-0.4, -0.2) is 67.8 Å². The summed E-state index contributed by atoms with van der Waals surface area (Å²) in [7, 11) is 0. The van der Waals surface area contributed by atoms with Gasteiger partial charge < -0.3 is 25.9 Å². The molecule has 43 heavy (non-hydrogen) atoms. The zero-order valence-electron chi connectivity index (χ0n) is 23.3. The summed E-state index contributed by atoms with van der Waals surface area (Å²) in [5.74, 6) is 0. The first-order valence-corrected chi connectivity index (χ1v) is 15.4. The Balaban J connectivity index is 0.000000735. The Morgan fingerprint density at radius 3 is 1.30 bits per heavy atom. The zero-order valence-corrected chi connectivity index (χ0v) is 29.7. The van der Waals surface area contributed by atoms with Crippen molar-refractivity contribution in [3.63, 3.8) is 0 Å². The number of hydrogen-bond donors (Lipinski definition) is 2. The maximum absolute atomic E-state index is 6.19. The molecule has 2 saturated heterocycles. The maximum atomic E-state index is 6.19. The Kier molecular flexibility index (Phi) is 21.1. The molecule has 2 fully saturated rings. The van der Waals surface area contributed by atoms with Gasteiger partial charge in [-0.1, -0.05) is 59.6 Å². The van der Waals surface area contributed by atoms with Gasteiger partial charge in [0.1, 0.15) is 0 Å². The second-order valence-electron chi connectivity index (χ2n) is 9.25. The smallest absolute Gasteiger partial charge is 0.185 e. The lowest BCUT2D eigenvalue weighted by Gasteiger charge is -2.26. The van der Waals surface area contributed by atoms with Gasteiger partial charge in [0.15, 0.2) is 10.3 Å². The third-order valence-corrected chi connectivity index (χ3v) is 9.15. The molecule has 0 atom stereocenters. The Bertz CT molecular complexity index is 1220. The molecule has 2 aliphatic heterocycles. The van der Waals surface area contributed by atoms with Crippen LogP contribution in [0, 0.1) is 0 Å². The van der Waals surface area contributed by atoms with Crippen LogP contribution in [-0.2, 0) is 12.8 Å². The van der Waals surface area contributed by atoms with Gasteiger partial charge in [-0.25, -0.2) is 9.97 Å². The molecule has 0 spiro atoms. The van der Waals surface area contributed by atoms with E-state index >= 15 is 0 Å². The number of benzene rings is 2. The van der Waals surface area contributed by atoms with Crippen molar-refractivity contribution >= 4 is 106 Å². The van der Waals surface area contributed by atoms with Crippen LogP contribution >= 0.6 is 95.5 Å². The van der Waals surface area contributed by atoms with Gasteiger partial charge in [0.2, 0.25) is 0 Å². The highest BCUT2D eigenvalue weighted by Gasteiger charge is 2.15. The average molecular weight is 752 g/mol. The van der Waals surface area contributed by atoms with Crippen LogP contribution in [0.15, 0.2) is 59.3 Å². The van der Waals surface area contributed by atoms with Gasteiger partial charge in [-0.05, 0) is 23.3 Å². The average Bonchev–Trinajstić information content (AvgIpc) is 3.63. The summed E-state index contributed by atoms with van der Waals surface area (Å²) in [6.07, 6.45) is 1.62. The number of piperazine rings is 2. The maximum Gasteiger partial charge on any atom is 0.185 e. The molecule has 240 valence electrons.